The van der Waals surface area contributed by atoms with Gasteiger partial charge in [-0.05, 0) is 31.0 Å². The molecule has 0 aliphatic carbocycles. The molecule has 1 aliphatic rings. The number of aromatic nitrogens is 1. The number of anilines is 1. The highest BCUT2D eigenvalue weighted by molar-refractivity contribution is 5.85. The molecule has 1 amide bonds. The van der Waals surface area contributed by atoms with Crippen molar-refractivity contribution in [2.24, 2.45) is 5.92 Å². The molecular formula is C22H26N4O2. The topological polar surface area (TPSA) is 92.2 Å². The first-order chi connectivity index (χ1) is 13.3. The Morgan fingerprint density at radius 2 is 2.07 bits per heavy atom. The average Bonchev–Trinajstić information content (AvgIpc) is 2.65. The van der Waals surface area contributed by atoms with E-state index in [1.807, 2.05) is 44.7 Å². The van der Waals surface area contributed by atoms with Crippen molar-refractivity contribution in [3.8, 4) is 22.9 Å². The van der Waals surface area contributed by atoms with Gasteiger partial charge < -0.3 is 15.4 Å². The van der Waals surface area contributed by atoms with Gasteiger partial charge >= 0.3 is 0 Å². The number of aryl methyl sites for hydroxylation is 2. The monoisotopic (exact) mass is 378 g/mol. The Morgan fingerprint density at radius 3 is 2.68 bits per heavy atom. The molecule has 28 heavy (non-hydrogen) atoms. The second kappa shape index (κ2) is 7.51. The first-order valence-corrected chi connectivity index (χ1v) is 9.44. The maximum absolute atomic E-state index is 12.6. The number of carbonyl (C=O) groups excluding carboxylic acids is 1. The summed E-state index contributed by atoms with van der Waals surface area (Å²) in [6.45, 7) is 8.80. The second-order valence-corrected chi connectivity index (χ2v) is 7.61. The van der Waals surface area contributed by atoms with Crippen molar-refractivity contribution >= 4 is 11.7 Å². The van der Waals surface area contributed by atoms with Crippen molar-refractivity contribution in [1.82, 2.24) is 9.88 Å². The van der Waals surface area contributed by atoms with Gasteiger partial charge in [0, 0.05) is 42.1 Å². The third-order valence-electron chi connectivity index (χ3n) is 5.19. The summed E-state index contributed by atoms with van der Waals surface area (Å²) >= 11 is 0. The van der Waals surface area contributed by atoms with E-state index in [9.17, 15) is 10.1 Å². The third kappa shape index (κ3) is 3.29. The summed E-state index contributed by atoms with van der Waals surface area (Å²) in [6.07, 6.45) is 0.615. The van der Waals surface area contributed by atoms with Gasteiger partial charge in [-0.3, -0.25) is 4.79 Å². The van der Waals surface area contributed by atoms with Crippen LogP contribution in [0.2, 0.25) is 0 Å². The molecule has 6 nitrogen and oxygen atoms in total. The Kier molecular flexibility index (Phi) is 5.28. The van der Waals surface area contributed by atoms with E-state index in [1.54, 1.807) is 7.11 Å². The molecule has 0 spiro atoms. The molecular weight excluding hydrogens is 352 g/mol. The van der Waals surface area contributed by atoms with Crippen LogP contribution in [0.15, 0.2) is 12.1 Å². The summed E-state index contributed by atoms with van der Waals surface area (Å²) in [6, 6.07) is 6.27. The molecule has 0 bridgehead atoms. The molecule has 146 valence electrons. The fraction of sp³-hybridized carbons (Fsp3) is 0.409. The maximum Gasteiger partial charge on any atom is 0.225 e. The molecule has 3 rings (SSSR count). The largest absolute Gasteiger partial charge is 0.496 e. The van der Waals surface area contributed by atoms with Crippen LogP contribution in [0.5, 0.6) is 5.75 Å². The second-order valence-electron chi connectivity index (χ2n) is 7.61. The minimum absolute atomic E-state index is 0.0853. The van der Waals surface area contributed by atoms with Crippen LogP contribution in [-0.2, 0) is 17.8 Å². The van der Waals surface area contributed by atoms with Gasteiger partial charge in [0.15, 0.2) is 0 Å². The van der Waals surface area contributed by atoms with E-state index in [1.165, 1.54) is 0 Å². The molecule has 0 saturated heterocycles. The number of nitrogens with zero attached hydrogens (tertiary/aromatic N) is 3. The van der Waals surface area contributed by atoms with Crippen LogP contribution >= 0.6 is 0 Å². The van der Waals surface area contributed by atoms with E-state index in [0.29, 0.717) is 30.8 Å². The number of nitriles is 1. The summed E-state index contributed by atoms with van der Waals surface area (Å²) in [4.78, 5) is 18.9. The van der Waals surface area contributed by atoms with Gasteiger partial charge in [-0.2, -0.15) is 5.26 Å². The molecule has 0 saturated carbocycles. The summed E-state index contributed by atoms with van der Waals surface area (Å²) in [5, 5.41) is 9.84. The van der Waals surface area contributed by atoms with E-state index in [0.717, 1.165) is 33.5 Å². The third-order valence-corrected chi connectivity index (χ3v) is 5.19. The highest BCUT2D eigenvalue weighted by Crippen LogP contribution is 2.41. The predicted octanol–water partition coefficient (Wildman–Crippen LogP) is 3.37. The van der Waals surface area contributed by atoms with Crippen molar-refractivity contribution in [1.29, 1.82) is 5.26 Å². The lowest BCUT2D eigenvalue weighted by molar-refractivity contribution is -0.135. The van der Waals surface area contributed by atoms with Crippen molar-refractivity contribution in [2.45, 2.75) is 40.7 Å². The molecule has 1 aliphatic heterocycles. The van der Waals surface area contributed by atoms with E-state index in [-0.39, 0.29) is 17.6 Å². The number of nitrogens with two attached hydrogens (primary N) is 1. The predicted molar refractivity (Wildman–Crippen MR) is 109 cm³/mol. The molecule has 1 aromatic heterocycles. The summed E-state index contributed by atoms with van der Waals surface area (Å²) < 4.78 is 5.68. The van der Waals surface area contributed by atoms with Crippen LogP contribution in [0.25, 0.3) is 11.1 Å². The zero-order valence-electron chi connectivity index (χ0n) is 17.1. The van der Waals surface area contributed by atoms with Crippen molar-refractivity contribution in [3.63, 3.8) is 0 Å². The van der Waals surface area contributed by atoms with Gasteiger partial charge in [0.05, 0.1) is 12.8 Å². The van der Waals surface area contributed by atoms with Crippen molar-refractivity contribution in [3.05, 3.63) is 40.1 Å². The number of rotatable bonds is 3. The van der Waals surface area contributed by atoms with Crippen LogP contribution in [0, 0.1) is 31.1 Å². The fourth-order valence-corrected chi connectivity index (χ4v) is 3.95. The van der Waals surface area contributed by atoms with Crippen LogP contribution in [0.1, 0.15) is 41.8 Å². The smallest absolute Gasteiger partial charge is 0.225 e. The lowest BCUT2D eigenvalue weighted by Crippen LogP contribution is -2.39. The highest BCUT2D eigenvalue weighted by atomic mass is 16.5. The number of amides is 1. The Hall–Kier alpha value is -3.07. The number of pyridine rings is 1. The summed E-state index contributed by atoms with van der Waals surface area (Å²) in [5.41, 5.74) is 11.8. The number of fused-ring (bicyclic) bond motifs is 1. The molecule has 2 heterocycles. The Balaban J connectivity index is 2.30. The standard InChI is InChI=1S/C22H26N4O2/c1-12(2)22(27)26-7-6-18-17(11-26)19(16(10-23)21(24)25-18)15-9-13(3)8-14(4)20(15)28-5/h8-9,12H,6-7,11H2,1-5H3,(H2,24,25). The molecule has 0 unspecified atom stereocenters. The Morgan fingerprint density at radius 1 is 1.36 bits per heavy atom. The lowest BCUT2D eigenvalue weighted by atomic mass is 9.88. The van der Waals surface area contributed by atoms with E-state index >= 15 is 0 Å². The van der Waals surface area contributed by atoms with Gasteiger partial charge in [0.2, 0.25) is 5.91 Å². The average molecular weight is 378 g/mol. The first-order valence-electron chi connectivity index (χ1n) is 9.44. The minimum atomic E-state index is -0.0853. The van der Waals surface area contributed by atoms with Crippen molar-refractivity contribution < 1.29 is 9.53 Å². The van der Waals surface area contributed by atoms with Crippen molar-refractivity contribution in [2.75, 3.05) is 19.4 Å². The van der Waals surface area contributed by atoms with Gasteiger partial charge in [-0.15, -0.1) is 0 Å². The normalized spacial score (nSPS) is 13.2. The minimum Gasteiger partial charge on any atom is -0.496 e. The number of hydrogen-bond acceptors (Lipinski definition) is 5. The molecule has 0 fully saturated rings. The number of hydrogen-bond donors (Lipinski definition) is 1. The summed E-state index contributed by atoms with van der Waals surface area (Å²) in [5.74, 6) is 0.945. The lowest BCUT2D eigenvalue weighted by Gasteiger charge is -2.32. The molecule has 6 heteroatoms. The van der Waals surface area contributed by atoms with Crippen LogP contribution < -0.4 is 10.5 Å². The molecule has 1 aromatic carbocycles. The summed E-state index contributed by atoms with van der Waals surface area (Å²) in [7, 11) is 1.62. The van der Waals surface area contributed by atoms with Crippen LogP contribution in [-0.4, -0.2) is 29.4 Å². The SMILES string of the molecule is COc1c(C)cc(C)cc1-c1c(C#N)c(N)nc2c1CN(C(=O)C(C)C)CC2. The fourth-order valence-electron chi connectivity index (χ4n) is 3.95. The van der Waals surface area contributed by atoms with Crippen LogP contribution in [0.3, 0.4) is 0 Å². The zero-order chi connectivity index (χ0) is 20.6. The Labute approximate surface area is 165 Å². The molecule has 2 N–H and O–H groups in total. The zero-order valence-corrected chi connectivity index (χ0v) is 17.1. The van der Waals surface area contributed by atoms with Gasteiger partial charge in [-0.1, -0.05) is 19.9 Å². The number of carbonyl (C=O) groups is 1. The molecule has 0 radical (unpaired) electrons. The number of ether oxygens (including phenoxy) is 1. The Bertz CT molecular complexity index is 989. The number of methoxy groups -OCH3 is 1. The van der Waals surface area contributed by atoms with Gasteiger partial charge in [0.25, 0.3) is 0 Å². The highest BCUT2D eigenvalue weighted by Gasteiger charge is 2.29. The number of benzene rings is 1. The number of nitrogen functional groups attached to an aromatic ring is 1. The quantitative estimate of drug-likeness (QED) is 0.884. The van der Waals surface area contributed by atoms with E-state index in [4.69, 9.17) is 10.5 Å². The van der Waals surface area contributed by atoms with Crippen LogP contribution in [0.4, 0.5) is 5.82 Å². The van der Waals surface area contributed by atoms with Gasteiger partial charge in [0.1, 0.15) is 23.2 Å². The molecule has 2 aromatic rings. The first kappa shape index (κ1) is 19.7. The maximum atomic E-state index is 12.6. The molecule has 0 atom stereocenters. The van der Waals surface area contributed by atoms with E-state index < -0.39 is 0 Å². The van der Waals surface area contributed by atoms with E-state index in [2.05, 4.69) is 11.1 Å². The van der Waals surface area contributed by atoms with Gasteiger partial charge in [-0.25, -0.2) is 4.98 Å².